The minimum Gasteiger partial charge on any atom is -0.383 e. The lowest BCUT2D eigenvalue weighted by Gasteiger charge is -2.03. The van der Waals surface area contributed by atoms with Gasteiger partial charge in [-0.3, -0.25) is 0 Å². The topological polar surface area (TPSA) is 38.9 Å². The van der Waals surface area contributed by atoms with Gasteiger partial charge < -0.3 is 5.73 Å². The first-order valence-corrected chi connectivity index (χ1v) is 5.37. The molecule has 0 radical (unpaired) electrons. The third-order valence-electron chi connectivity index (χ3n) is 1.83. The van der Waals surface area contributed by atoms with Crippen LogP contribution in [0.15, 0.2) is 27.1 Å². The minimum absolute atomic E-state index is 0.317. The molecule has 72 valence electrons. The number of aromatic nitrogens is 1. The van der Waals surface area contributed by atoms with Crippen LogP contribution >= 0.6 is 31.9 Å². The zero-order chi connectivity index (χ0) is 10.3. The number of anilines is 1. The molecule has 0 fully saturated rings. The van der Waals surface area contributed by atoms with Gasteiger partial charge in [0.1, 0.15) is 11.6 Å². The van der Waals surface area contributed by atoms with E-state index in [0.29, 0.717) is 25.7 Å². The van der Waals surface area contributed by atoms with Crippen molar-refractivity contribution in [1.29, 1.82) is 0 Å². The van der Waals surface area contributed by atoms with Crippen LogP contribution in [-0.4, -0.2) is 4.98 Å². The molecule has 2 aromatic rings. The lowest BCUT2D eigenvalue weighted by atomic mass is 10.2. The highest BCUT2D eigenvalue weighted by atomic mass is 79.9. The number of nitrogen functional groups attached to an aromatic ring is 1. The molecule has 0 spiro atoms. The van der Waals surface area contributed by atoms with Crippen molar-refractivity contribution in [1.82, 2.24) is 4.98 Å². The Kier molecular flexibility index (Phi) is 2.45. The average molecular weight is 320 g/mol. The first-order valence-electron chi connectivity index (χ1n) is 3.78. The van der Waals surface area contributed by atoms with E-state index >= 15 is 0 Å². The molecular formula is C9H5Br2FN2. The second-order valence-corrected chi connectivity index (χ2v) is 4.58. The van der Waals surface area contributed by atoms with Crippen molar-refractivity contribution in [2.75, 3.05) is 5.73 Å². The summed E-state index contributed by atoms with van der Waals surface area (Å²) in [6.45, 7) is 0. The maximum absolute atomic E-state index is 13.4. The van der Waals surface area contributed by atoms with Crippen molar-refractivity contribution in [2.45, 2.75) is 0 Å². The van der Waals surface area contributed by atoms with Gasteiger partial charge in [-0.1, -0.05) is 15.9 Å². The maximum atomic E-state index is 13.4. The van der Waals surface area contributed by atoms with Crippen molar-refractivity contribution >= 4 is 48.6 Å². The largest absolute Gasteiger partial charge is 0.383 e. The summed E-state index contributed by atoms with van der Waals surface area (Å²) in [6, 6.07) is 4.74. The fraction of sp³-hybridized carbons (Fsp3) is 0. The molecule has 1 heterocycles. The Hall–Kier alpha value is -0.680. The molecule has 2 rings (SSSR count). The van der Waals surface area contributed by atoms with Gasteiger partial charge in [0.15, 0.2) is 0 Å². The van der Waals surface area contributed by atoms with Crippen LogP contribution in [0.5, 0.6) is 0 Å². The third-order valence-corrected chi connectivity index (χ3v) is 2.92. The Morgan fingerprint density at radius 3 is 2.64 bits per heavy atom. The predicted octanol–water partition coefficient (Wildman–Crippen LogP) is 3.48. The quantitative estimate of drug-likeness (QED) is 0.807. The summed E-state index contributed by atoms with van der Waals surface area (Å²) in [6.07, 6.45) is 0. The number of pyridine rings is 1. The number of fused-ring (bicyclic) bond motifs is 1. The van der Waals surface area contributed by atoms with Gasteiger partial charge >= 0.3 is 0 Å². The van der Waals surface area contributed by atoms with Crippen LogP contribution in [0.1, 0.15) is 0 Å². The molecule has 0 atom stereocenters. The molecular weight excluding hydrogens is 315 g/mol. The Labute approximate surface area is 96.6 Å². The summed E-state index contributed by atoms with van der Waals surface area (Å²) < 4.78 is 14.7. The molecule has 2 nitrogen and oxygen atoms in total. The van der Waals surface area contributed by atoms with Crippen molar-refractivity contribution < 1.29 is 4.39 Å². The molecule has 0 unspecified atom stereocenters. The van der Waals surface area contributed by atoms with Crippen LogP contribution in [0.4, 0.5) is 10.2 Å². The third kappa shape index (κ3) is 1.62. The van der Waals surface area contributed by atoms with Crippen molar-refractivity contribution in [3.05, 3.63) is 33.0 Å². The van der Waals surface area contributed by atoms with E-state index in [4.69, 9.17) is 5.73 Å². The molecule has 1 aromatic carbocycles. The second kappa shape index (κ2) is 3.47. The van der Waals surface area contributed by atoms with Gasteiger partial charge in [0.05, 0.1) is 9.99 Å². The zero-order valence-electron chi connectivity index (χ0n) is 6.89. The molecule has 0 aliphatic heterocycles. The highest BCUT2D eigenvalue weighted by molar-refractivity contribution is 9.10. The molecule has 0 amide bonds. The molecule has 2 N–H and O–H groups in total. The molecule has 14 heavy (non-hydrogen) atoms. The summed E-state index contributed by atoms with van der Waals surface area (Å²) in [4.78, 5) is 4.06. The summed E-state index contributed by atoms with van der Waals surface area (Å²) in [5.74, 6) is 0.0394. The van der Waals surface area contributed by atoms with E-state index in [0.717, 1.165) is 0 Å². The number of hydrogen-bond donors (Lipinski definition) is 1. The predicted molar refractivity (Wildman–Crippen MR) is 61.5 cm³/mol. The van der Waals surface area contributed by atoms with Gasteiger partial charge in [-0.15, -0.1) is 0 Å². The standard InChI is InChI=1S/C9H5Br2FN2/c10-4-1-7(12)5-3-6(11)9(13)14-8(5)2-4/h1-3H,(H2,13,14). The van der Waals surface area contributed by atoms with E-state index in [9.17, 15) is 4.39 Å². The Balaban J connectivity index is 2.89. The van der Waals surface area contributed by atoms with Crippen molar-refractivity contribution in [2.24, 2.45) is 0 Å². The Morgan fingerprint density at radius 2 is 1.93 bits per heavy atom. The first kappa shape index (κ1) is 9.86. The van der Waals surface area contributed by atoms with E-state index in [1.165, 1.54) is 6.07 Å². The second-order valence-electron chi connectivity index (χ2n) is 2.81. The highest BCUT2D eigenvalue weighted by Crippen LogP contribution is 2.27. The number of nitrogens with two attached hydrogens (primary N) is 1. The van der Waals surface area contributed by atoms with E-state index < -0.39 is 0 Å². The molecule has 1 aromatic heterocycles. The smallest absolute Gasteiger partial charge is 0.138 e. The maximum Gasteiger partial charge on any atom is 0.138 e. The lowest BCUT2D eigenvalue weighted by Crippen LogP contribution is -1.93. The van der Waals surface area contributed by atoms with Crippen LogP contribution in [-0.2, 0) is 0 Å². The summed E-state index contributed by atoms with van der Waals surface area (Å²) >= 11 is 6.40. The number of benzene rings is 1. The fourth-order valence-corrected chi connectivity index (χ4v) is 1.93. The molecule has 0 aliphatic carbocycles. The van der Waals surface area contributed by atoms with Gasteiger partial charge in [0.2, 0.25) is 0 Å². The fourth-order valence-electron chi connectivity index (χ4n) is 1.19. The van der Waals surface area contributed by atoms with Gasteiger partial charge in [-0.05, 0) is 34.1 Å². The van der Waals surface area contributed by atoms with Crippen LogP contribution in [0, 0.1) is 5.82 Å². The SMILES string of the molecule is Nc1nc2cc(Br)cc(F)c2cc1Br. The van der Waals surface area contributed by atoms with Crippen LogP contribution in [0.2, 0.25) is 0 Å². The van der Waals surface area contributed by atoms with Gasteiger partial charge in [0, 0.05) is 9.86 Å². The summed E-state index contributed by atoms with van der Waals surface area (Å²) in [5, 5.41) is 0.453. The molecule has 5 heteroatoms. The van der Waals surface area contributed by atoms with Crippen LogP contribution in [0.25, 0.3) is 10.9 Å². The van der Waals surface area contributed by atoms with Crippen LogP contribution in [0.3, 0.4) is 0 Å². The number of hydrogen-bond acceptors (Lipinski definition) is 2. The van der Waals surface area contributed by atoms with E-state index in [1.54, 1.807) is 12.1 Å². The Morgan fingerprint density at radius 1 is 1.21 bits per heavy atom. The van der Waals surface area contributed by atoms with Crippen LogP contribution < -0.4 is 5.73 Å². The molecule has 0 saturated carbocycles. The molecule has 0 saturated heterocycles. The van der Waals surface area contributed by atoms with Gasteiger partial charge in [0.25, 0.3) is 0 Å². The average Bonchev–Trinajstić information content (AvgIpc) is 2.08. The lowest BCUT2D eigenvalue weighted by molar-refractivity contribution is 0.639. The molecule has 0 bridgehead atoms. The monoisotopic (exact) mass is 318 g/mol. The van der Waals surface area contributed by atoms with Gasteiger partial charge in [-0.25, -0.2) is 9.37 Å². The number of nitrogens with zero attached hydrogens (tertiary/aromatic N) is 1. The van der Waals surface area contributed by atoms with E-state index in [2.05, 4.69) is 36.8 Å². The summed E-state index contributed by atoms with van der Waals surface area (Å²) in [5.41, 5.74) is 6.13. The molecule has 0 aliphatic rings. The van der Waals surface area contributed by atoms with E-state index in [-0.39, 0.29) is 5.82 Å². The number of halogens is 3. The highest BCUT2D eigenvalue weighted by Gasteiger charge is 2.06. The van der Waals surface area contributed by atoms with Gasteiger partial charge in [-0.2, -0.15) is 0 Å². The van der Waals surface area contributed by atoms with Crippen molar-refractivity contribution in [3.8, 4) is 0 Å². The first-order chi connectivity index (χ1) is 6.58. The van der Waals surface area contributed by atoms with E-state index in [1.807, 2.05) is 0 Å². The zero-order valence-corrected chi connectivity index (χ0v) is 10.1. The van der Waals surface area contributed by atoms with Crippen molar-refractivity contribution in [3.63, 3.8) is 0 Å². The Bertz CT molecular complexity index is 514. The normalized spacial score (nSPS) is 10.8. The minimum atomic E-state index is -0.317. The summed E-state index contributed by atoms with van der Waals surface area (Å²) in [7, 11) is 0. The number of rotatable bonds is 0.